The van der Waals surface area contributed by atoms with Crippen LogP contribution in [-0.4, -0.2) is 50.4 Å². The van der Waals surface area contributed by atoms with E-state index in [1.54, 1.807) is 4.72 Å². The van der Waals surface area contributed by atoms with Crippen molar-refractivity contribution in [3.05, 3.63) is 47.4 Å². The molecule has 8 nitrogen and oxygen atoms in total. The summed E-state index contributed by atoms with van der Waals surface area (Å²) in [7, 11) is -3.27. The van der Waals surface area contributed by atoms with Gasteiger partial charge in [0.15, 0.2) is 6.10 Å². The Balaban J connectivity index is 2.29. The normalized spacial score (nSPS) is 13.0. The second kappa shape index (κ2) is 8.93. The van der Waals surface area contributed by atoms with Crippen molar-refractivity contribution in [2.24, 2.45) is 0 Å². The van der Waals surface area contributed by atoms with E-state index in [1.165, 1.54) is 20.1 Å². The van der Waals surface area contributed by atoms with E-state index in [0.29, 0.717) is 0 Å². The van der Waals surface area contributed by atoms with Gasteiger partial charge in [-0.3, -0.25) is 4.79 Å². The molecule has 2 aromatic rings. The molecule has 1 heterocycles. The SMILES string of the molecule is COc1ccc(S(=O)(=O)NCC(O)C(F)(F)F)cc1C(=O)Nc1ccc(F)c(C)n1. The number of aromatic nitrogens is 1. The van der Waals surface area contributed by atoms with E-state index in [0.717, 1.165) is 24.3 Å². The van der Waals surface area contributed by atoms with Crippen LogP contribution in [-0.2, 0) is 10.0 Å². The van der Waals surface area contributed by atoms with E-state index < -0.39 is 45.5 Å². The highest BCUT2D eigenvalue weighted by Gasteiger charge is 2.38. The molecule has 1 atom stereocenters. The first-order chi connectivity index (χ1) is 13.8. The van der Waals surface area contributed by atoms with Gasteiger partial charge in [-0.15, -0.1) is 0 Å². The molecule has 1 unspecified atom stereocenters. The summed E-state index contributed by atoms with van der Waals surface area (Å²) in [5.41, 5.74) is -0.246. The molecule has 30 heavy (non-hydrogen) atoms. The number of pyridine rings is 1. The summed E-state index contributed by atoms with van der Waals surface area (Å²) in [6, 6.07) is 5.29. The van der Waals surface area contributed by atoms with Crippen molar-refractivity contribution in [3.63, 3.8) is 0 Å². The van der Waals surface area contributed by atoms with Gasteiger partial charge in [-0.25, -0.2) is 22.5 Å². The van der Waals surface area contributed by atoms with Crippen LogP contribution in [0.5, 0.6) is 5.75 Å². The number of nitrogens with one attached hydrogen (secondary N) is 2. The standard InChI is InChI=1S/C17H17F4N3O5S/c1-9-12(18)4-6-15(23-9)24-16(26)11-7-10(3-5-13(11)29-2)30(27,28)22-8-14(25)17(19,20)21/h3-7,14,22,25H,8H2,1-2H3,(H,23,24,26). The summed E-state index contributed by atoms with van der Waals surface area (Å²) < 4.78 is 81.6. The lowest BCUT2D eigenvalue weighted by atomic mass is 10.2. The van der Waals surface area contributed by atoms with E-state index >= 15 is 0 Å². The maximum absolute atomic E-state index is 13.3. The molecule has 0 saturated heterocycles. The lowest BCUT2D eigenvalue weighted by Gasteiger charge is -2.16. The lowest BCUT2D eigenvalue weighted by molar-refractivity contribution is -0.200. The predicted octanol–water partition coefficient (Wildman–Crippen LogP) is 1.99. The van der Waals surface area contributed by atoms with E-state index in [9.17, 15) is 30.8 Å². The first-order valence-corrected chi connectivity index (χ1v) is 9.70. The van der Waals surface area contributed by atoms with Crippen molar-refractivity contribution < 1.29 is 40.6 Å². The molecule has 0 bridgehead atoms. The highest BCUT2D eigenvalue weighted by atomic mass is 32.2. The third-order valence-corrected chi connectivity index (χ3v) is 5.25. The molecule has 0 spiro atoms. The Morgan fingerprint density at radius 3 is 2.50 bits per heavy atom. The molecule has 0 saturated carbocycles. The first kappa shape index (κ1) is 23.5. The van der Waals surface area contributed by atoms with E-state index in [1.807, 2.05) is 0 Å². The van der Waals surface area contributed by atoms with Gasteiger partial charge in [0, 0.05) is 6.54 Å². The van der Waals surface area contributed by atoms with Gasteiger partial charge >= 0.3 is 6.18 Å². The minimum Gasteiger partial charge on any atom is -0.496 e. The van der Waals surface area contributed by atoms with Gasteiger partial charge in [0.05, 0.1) is 23.3 Å². The molecule has 0 aliphatic carbocycles. The molecule has 1 aromatic heterocycles. The number of hydrogen-bond acceptors (Lipinski definition) is 6. The molecule has 0 aliphatic rings. The zero-order chi connectivity index (χ0) is 22.7. The average molecular weight is 451 g/mol. The van der Waals surface area contributed by atoms with Gasteiger partial charge in [0.2, 0.25) is 10.0 Å². The summed E-state index contributed by atoms with van der Waals surface area (Å²) >= 11 is 0. The summed E-state index contributed by atoms with van der Waals surface area (Å²) in [6.07, 6.45) is -7.91. The summed E-state index contributed by atoms with van der Waals surface area (Å²) in [5, 5.41) is 11.3. The van der Waals surface area contributed by atoms with Crippen molar-refractivity contribution >= 4 is 21.7 Å². The van der Waals surface area contributed by atoms with Crippen LogP contribution in [0.4, 0.5) is 23.4 Å². The van der Waals surface area contributed by atoms with Crippen molar-refractivity contribution in [1.29, 1.82) is 0 Å². The van der Waals surface area contributed by atoms with Gasteiger partial charge in [0.25, 0.3) is 5.91 Å². The quantitative estimate of drug-likeness (QED) is 0.555. The average Bonchev–Trinajstić information content (AvgIpc) is 2.67. The number of ether oxygens (including phenoxy) is 1. The zero-order valence-electron chi connectivity index (χ0n) is 15.6. The van der Waals surface area contributed by atoms with Crippen LogP contribution in [0, 0.1) is 12.7 Å². The number of aliphatic hydroxyl groups excluding tert-OH is 1. The monoisotopic (exact) mass is 451 g/mol. The summed E-state index contributed by atoms with van der Waals surface area (Å²) in [6.45, 7) is 0.0674. The number of sulfonamides is 1. The van der Waals surface area contributed by atoms with Gasteiger partial charge in [0.1, 0.15) is 17.4 Å². The van der Waals surface area contributed by atoms with Crippen LogP contribution in [0.1, 0.15) is 16.1 Å². The second-order valence-electron chi connectivity index (χ2n) is 5.99. The number of anilines is 1. The van der Waals surface area contributed by atoms with Crippen LogP contribution in [0.2, 0.25) is 0 Å². The van der Waals surface area contributed by atoms with Crippen LogP contribution in [0.15, 0.2) is 35.2 Å². The molecule has 0 aliphatic heterocycles. The predicted molar refractivity (Wildman–Crippen MR) is 97.1 cm³/mol. The Bertz CT molecular complexity index is 1040. The Kier molecular flexibility index (Phi) is 7.00. The topological polar surface area (TPSA) is 118 Å². The van der Waals surface area contributed by atoms with Crippen molar-refractivity contribution in [3.8, 4) is 5.75 Å². The summed E-state index contributed by atoms with van der Waals surface area (Å²) in [5.74, 6) is -1.48. The molecule has 164 valence electrons. The van der Waals surface area contributed by atoms with Crippen LogP contribution in [0.3, 0.4) is 0 Å². The van der Waals surface area contributed by atoms with E-state index in [2.05, 4.69) is 10.3 Å². The fraction of sp³-hybridized carbons (Fsp3) is 0.294. The number of aliphatic hydroxyl groups is 1. The number of aryl methyl sites for hydroxylation is 1. The molecule has 1 aromatic carbocycles. The third kappa shape index (κ3) is 5.64. The molecule has 1 amide bonds. The fourth-order valence-corrected chi connectivity index (χ4v) is 3.28. The van der Waals surface area contributed by atoms with Crippen molar-refractivity contribution in [2.75, 3.05) is 19.0 Å². The third-order valence-electron chi connectivity index (χ3n) is 3.83. The maximum Gasteiger partial charge on any atom is 0.415 e. The Morgan fingerprint density at radius 2 is 1.93 bits per heavy atom. The number of carbonyl (C=O) groups excluding carboxylic acids is 1. The second-order valence-corrected chi connectivity index (χ2v) is 7.76. The highest BCUT2D eigenvalue weighted by molar-refractivity contribution is 7.89. The molecule has 0 fully saturated rings. The van der Waals surface area contributed by atoms with Crippen molar-refractivity contribution in [2.45, 2.75) is 24.1 Å². The number of methoxy groups -OCH3 is 1. The van der Waals surface area contributed by atoms with Gasteiger partial charge in [-0.1, -0.05) is 0 Å². The fourth-order valence-electron chi connectivity index (χ4n) is 2.22. The van der Waals surface area contributed by atoms with Crippen LogP contribution in [0.25, 0.3) is 0 Å². The number of benzene rings is 1. The van der Waals surface area contributed by atoms with Gasteiger partial charge in [-0.2, -0.15) is 13.2 Å². The number of amides is 1. The minimum absolute atomic E-state index is 0.0133. The van der Waals surface area contributed by atoms with Crippen LogP contribution < -0.4 is 14.8 Å². The number of alkyl halides is 3. The Hall–Kier alpha value is -2.77. The van der Waals surface area contributed by atoms with E-state index in [-0.39, 0.29) is 22.8 Å². The number of hydrogen-bond donors (Lipinski definition) is 3. The number of nitrogens with zero attached hydrogens (tertiary/aromatic N) is 1. The number of carbonyl (C=O) groups is 1. The first-order valence-electron chi connectivity index (χ1n) is 8.22. The number of rotatable bonds is 7. The Morgan fingerprint density at radius 1 is 1.27 bits per heavy atom. The molecular formula is C17H17F4N3O5S. The smallest absolute Gasteiger partial charge is 0.415 e. The van der Waals surface area contributed by atoms with Crippen LogP contribution >= 0.6 is 0 Å². The molecule has 3 N–H and O–H groups in total. The zero-order valence-corrected chi connectivity index (χ0v) is 16.4. The minimum atomic E-state index is -5.01. The maximum atomic E-state index is 13.3. The largest absolute Gasteiger partial charge is 0.496 e. The lowest BCUT2D eigenvalue weighted by Crippen LogP contribution is -2.40. The summed E-state index contributed by atoms with van der Waals surface area (Å²) in [4.78, 5) is 15.8. The van der Waals surface area contributed by atoms with Crippen molar-refractivity contribution in [1.82, 2.24) is 9.71 Å². The van der Waals surface area contributed by atoms with Gasteiger partial charge in [-0.05, 0) is 37.3 Å². The number of halogens is 4. The highest BCUT2D eigenvalue weighted by Crippen LogP contribution is 2.24. The molecule has 0 radical (unpaired) electrons. The molecule has 2 rings (SSSR count). The van der Waals surface area contributed by atoms with E-state index in [4.69, 9.17) is 9.84 Å². The molecular weight excluding hydrogens is 434 g/mol. The molecule has 13 heteroatoms. The Labute approximate surface area is 168 Å². The van der Waals surface area contributed by atoms with Gasteiger partial charge < -0.3 is 15.2 Å².